The van der Waals surface area contributed by atoms with E-state index < -0.39 is 0 Å². The van der Waals surface area contributed by atoms with Gasteiger partial charge >= 0.3 is 0 Å². The highest BCUT2D eigenvalue weighted by atomic mass is 32.2. The van der Waals surface area contributed by atoms with E-state index in [0.29, 0.717) is 10.7 Å². The Hall–Kier alpha value is -2.26. The number of hydrogen-bond acceptors (Lipinski definition) is 7. The summed E-state index contributed by atoms with van der Waals surface area (Å²) in [7, 11) is 1.84. The summed E-state index contributed by atoms with van der Waals surface area (Å²) in [6.45, 7) is 0. The molecular formula is C13H10N6OS2. The standard InChI is InChI=1S/C13H10N6OS2/c1-18-11-9(5-16-18)12(15-7-14-11)22-6-8-4-10(20)19-2-3-21-13(19)17-8/h2-5,7H,6H2,1H3. The summed E-state index contributed by atoms with van der Waals surface area (Å²) in [5.74, 6) is 0.574. The van der Waals surface area contributed by atoms with Crippen LogP contribution in [0.25, 0.3) is 16.0 Å². The molecule has 4 heterocycles. The second-order valence-corrected chi connectivity index (χ2v) is 6.45. The SMILES string of the molecule is Cn1ncc2c(SCc3cc(=O)n4ccsc4n3)ncnc21. The van der Waals surface area contributed by atoms with Gasteiger partial charge in [0.15, 0.2) is 10.6 Å². The monoisotopic (exact) mass is 330 g/mol. The van der Waals surface area contributed by atoms with E-state index >= 15 is 0 Å². The van der Waals surface area contributed by atoms with Crippen LogP contribution < -0.4 is 5.56 Å². The lowest BCUT2D eigenvalue weighted by Crippen LogP contribution is -2.12. The van der Waals surface area contributed by atoms with Crippen LogP contribution >= 0.6 is 23.1 Å². The molecule has 0 saturated heterocycles. The molecule has 0 amide bonds. The maximum Gasteiger partial charge on any atom is 0.258 e. The van der Waals surface area contributed by atoms with Gasteiger partial charge in [0.2, 0.25) is 0 Å². The Morgan fingerprint density at radius 1 is 1.36 bits per heavy atom. The number of rotatable bonds is 3. The van der Waals surface area contributed by atoms with Crippen LogP contribution in [-0.2, 0) is 12.8 Å². The van der Waals surface area contributed by atoms with Gasteiger partial charge in [-0.05, 0) is 0 Å². The summed E-state index contributed by atoms with van der Waals surface area (Å²) in [6.07, 6.45) is 5.01. The lowest BCUT2D eigenvalue weighted by Gasteiger charge is -2.02. The summed E-state index contributed by atoms with van der Waals surface area (Å²) in [6, 6.07) is 1.56. The third-order valence-electron chi connectivity index (χ3n) is 3.21. The van der Waals surface area contributed by atoms with Gasteiger partial charge in [-0.15, -0.1) is 11.3 Å². The Balaban J connectivity index is 1.66. The van der Waals surface area contributed by atoms with Crippen molar-refractivity contribution in [1.29, 1.82) is 0 Å². The molecule has 0 radical (unpaired) electrons. The van der Waals surface area contributed by atoms with Gasteiger partial charge in [0.05, 0.1) is 17.3 Å². The van der Waals surface area contributed by atoms with Crippen molar-refractivity contribution < 1.29 is 0 Å². The van der Waals surface area contributed by atoms with E-state index in [-0.39, 0.29) is 5.56 Å². The summed E-state index contributed by atoms with van der Waals surface area (Å²) < 4.78 is 3.26. The number of nitrogens with zero attached hydrogens (tertiary/aromatic N) is 6. The predicted octanol–water partition coefficient (Wildman–Crippen LogP) is 1.72. The topological polar surface area (TPSA) is 78.0 Å². The number of fused-ring (bicyclic) bond motifs is 2. The van der Waals surface area contributed by atoms with Crippen LogP contribution in [0.4, 0.5) is 0 Å². The highest BCUT2D eigenvalue weighted by molar-refractivity contribution is 7.98. The average Bonchev–Trinajstić information content (AvgIpc) is 3.13. The van der Waals surface area contributed by atoms with Gasteiger partial charge in [0.1, 0.15) is 11.4 Å². The largest absolute Gasteiger partial charge is 0.269 e. The van der Waals surface area contributed by atoms with Crippen LogP contribution in [0.2, 0.25) is 0 Å². The first-order valence-corrected chi connectivity index (χ1v) is 8.30. The van der Waals surface area contributed by atoms with Crippen molar-refractivity contribution in [3.05, 3.63) is 46.2 Å². The molecule has 7 nitrogen and oxygen atoms in total. The third-order valence-corrected chi connectivity index (χ3v) is 5.00. The van der Waals surface area contributed by atoms with Crippen molar-refractivity contribution >= 4 is 39.1 Å². The van der Waals surface area contributed by atoms with Gasteiger partial charge in [0, 0.05) is 30.4 Å². The highest BCUT2D eigenvalue weighted by Crippen LogP contribution is 2.26. The molecule has 0 N–H and O–H groups in total. The van der Waals surface area contributed by atoms with E-state index in [2.05, 4.69) is 20.1 Å². The zero-order valence-electron chi connectivity index (χ0n) is 11.5. The normalized spacial score (nSPS) is 11.5. The first kappa shape index (κ1) is 13.4. The molecule has 0 aliphatic rings. The van der Waals surface area contributed by atoms with Gasteiger partial charge in [-0.25, -0.2) is 15.0 Å². The molecule has 0 aliphatic heterocycles. The van der Waals surface area contributed by atoms with Crippen molar-refractivity contribution in [3.8, 4) is 0 Å². The number of aryl methyl sites for hydroxylation is 1. The molecule has 4 aromatic rings. The minimum atomic E-state index is -0.0592. The highest BCUT2D eigenvalue weighted by Gasteiger charge is 2.10. The maximum absolute atomic E-state index is 12.0. The molecule has 0 saturated carbocycles. The first-order chi connectivity index (χ1) is 10.7. The van der Waals surface area contributed by atoms with Gasteiger partial charge in [-0.1, -0.05) is 11.8 Å². The maximum atomic E-state index is 12.0. The Morgan fingerprint density at radius 2 is 2.27 bits per heavy atom. The van der Waals surface area contributed by atoms with E-state index in [1.54, 1.807) is 27.5 Å². The fourth-order valence-corrected chi connectivity index (χ4v) is 3.75. The Labute approximate surface area is 132 Å². The van der Waals surface area contributed by atoms with Crippen LogP contribution in [0.5, 0.6) is 0 Å². The first-order valence-electron chi connectivity index (χ1n) is 6.43. The number of aromatic nitrogens is 6. The van der Waals surface area contributed by atoms with E-state index in [1.807, 2.05) is 12.4 Å². The second kappa shape index (κ2) is 5.18. The molecule has 0 aliphatic carbocycles. The van der Waals surface area contributed by atoms with Gasteiger partial charge in [-0.3, -0.25) is 13.9 Å². The Morgan fingerprint density at radius 3 is 3.18 bits per heavy atom. The quantitative estimate of drug-likeness (QED) is 0.420. The number of hydrogen-bond donors (Lipinski definition) is 0. The molecule has 110 valence electrons. The molecule has 0 bridgehead atoms. The van der Waals surface area contributed by atoms with E-state index in [1.165, 1.54) is 29.4 Å². The van der Waals surface area contributed by atoms with Crippen LogP contribution in [0.15, 0.2) is 40.0 Å². The molecule has 4 aromatic heterocycles. The second-order valence-electron chi connectivity index (χ2n) is 4.61. The summed E-state index contributed by atoms with van der Waals surface area (Å²) in [5, 5.41) is 7.79. The molecule has 0 unspecified atom stereocenters. The molecule has 0 fully saturated rings. The minimum Gasteiger partial charge on any atom is -0.269 e. The van der Waals surface area contributed by atoms with Crippen molar-refractivity contribution in [2.75, 3.05) is 0 Å². The van der Waals surface area contributed by atoms with Gasteiger partial charge < -0.3 is 0 Å². The average molecular weight is 330 g/mol. The third kappa shape index (κ3) is 2.18. The summed E-state index contributed by atoms with van der Waals surface area (Å²) >= 11 is 2.97. The fourth-order valence-electron chi connectivity index (χ4n) is 2.16. The molecule has 0 atom stereocenters. The van der Waals surface area contributed by atoms with Crippen LogP contribution in [0, 0.1) is 0 Å². The van der Waals surface area contributed by atoms with E-state index in [0.717, 1.165) is 21.8 Å². The van der Waals surface area contributed by atoms with Gasteiger partial charge in [0.25, 0.3) is 5.56 Å². The van der Waals surface area contributed by atoms with Crippen molar-refractivity contribution in [2.45, 2.75) is 10.8 Å². The molecule has 0 spiro atoms. The Kier molecular flexibility index (Phi) is 3.16. The minimum absolute atomic E-state index is 0.0592. The van der Waals surface area contributed by atoms with Crippen LogP contribution in [0.3, 0.4) is 0 Å². The smallest absolute Gasteiger partial charge is 0.258 e. The predicted molar refractivity (Wildman–Crippen MR) is 85.2 cm³/mol. The van der Waals surface area contributed by atoms with Crippen molar-refractivity contribution in [1.82, 2.24) is 29.1 Å². The van der Waals surface area contributed by atoms with Crippen molar-refractivity contribution in [2.24, 2.45) is 7.05 Å². The molecular weight excluding hydrogens is 320 g/mol. The van der Waals surface area contributed by atoms with Crippen LogP contribution in [-0.4, -0.2) is 29.1 Å². The van der Waals surface area contributed by atoms with Crippen LogP contribution in [0.1, 0.15) is 5.69 Å². The lowest BCUT2D eigenvalue weighted by atomic mass is 10.4. The van der Waals surface area contributed by atoms with Crippen molar-refractivity contribution in [3.63, 3.8) is 0 Å². The zero-order chi connectivity index (χ0) is 15.1. The number of thiazole rings is 1. The van der Waals surface area contributed by atoms with Gasteiger partial charge in [-0.2, -0.15) is 5.10 Å². The van der Waals surface area contributed by atoms with E-state index in [4.69, 9.17) is 0 Å². The number of thioether (sulfide) groups is 1. The molecule has 9 heteroatoms. The summed E-state index contributed by atoms with van der Waals surface area (Å²) in [5.41, 5.74) is 1.48. The molecule has 22 heavy (non-hydrogen) atoms. The summed E-state index contributed by atoms with van der Waals surface area (Å²) in [4.78, 5) is 25.7. The molecule has 4 rings (SSSR count). The zero-order valence-corrected chi connectivity index (χ0v) is 13.1. The Bertz CT molecular complexity index is 1030. The fraction of sp³-hybridized carbons (Fsp3) is 0.154. The van der Waals surface area contributed by atoms with E-state index in [9.17, 15) is 4.79 Å². The lowest BCUT2D eigenvalue weighted by molar-refractivity contribution is 0.784. The molecule has 0 aromatic carbocycles.